The van der Waals surface area contributed by atoms with E-state index < -0.39 is 0 Å². The van der Waals surface area contributed by atoms with Crippen molar-refractivity contribution in [2.45, 2.75) is 25.8 Å². The quantitative estimate of drug-likeness (QED) is 0.892. The molecular formula is C14H19ClN2O. The van der Waals surface area contributed by atoms with Crippen molar-refractivity contribution in [3.8, 4) is 0 Å². The Morgan fingerprint density at radius 2 is 2.06 bits per heavy atom. The van der Waals surface area contributed by atoms with Crippen molar-refractivity contribution >= 4 is 17.5 Å². The molecule has 0 spiro atoms. The van der Waals surface area contributed by atoms with E-state index in [-0.39, 0.29) is 5.91 Å². The molecule has 2 rings (SSSR count). The van der Waals surface area contributed by atoms with E-state index in [4.69, 9.17) is 11.6 Å². The van der Waals surface area contributed by atoms with Gasteiger partial charge in [-0.1, -0.05) is 17.7 Å². The van der Waals surface area contributed by atoms with Gasteiger partial charge in [0.1, 0.15) is 0 Å². The molecule has 0 bridgehead atoms. The number of likely N-dealkylation sites (tertiary alicyclic amines) is 1. The van der Waals surface area contributed by atoms with Crippen molar-refractivity contribution in [1.82, 2.24) is 10.2 Å². The van der Waals surface area contributed by atoms with Crippen LogP contribution >= 0.6 is 11.6 Å². The summed E-state index contributed by atoms with van der Waals surface area (Å²) in [5.41, 5.74) is 1.69. The van der Waals surface area contributed by atoms with Crippen molar-refractivity contribution < 1.29 is 4.79 Å². The zero-order valence-electron chi connectivity index (χ0n) is 10.9. The number of nitrogens with one attached hydrogen (secondary N) is 1. The van der Waals surface area contributed by atoms with E-state index >= 15 is 0 Å². The second-order valence-corrected chi connectivity index (χ2v) is 5.23. The predicted octanol–water partition coefficient (Wildman–Crippen LogP) is 2.47. The van der Waals surface area contributed by atoms with Crippen LogP contribution in [0.1, 0.15) is 28.8 Å². The Kier molecular flexibility index (Phi) is 4.25. The zero-order chi connectivity index (χ0) is 13.1. The van der Waals surface area contributed by atoms with E-state index in [1.165, 1.54) is 0 Å². The second-order valence-electron chi connectivity index (χ2n) is 4.82. The number of rotatable bonds is 2. The van der Waals surface area contributed by atoms with E-state index in [0.717, 1.165) is 31.5 Å². The molecule has 0 saturated carbocycles. The molecule has 0 radical (unpaired) electrons. The standard InChI is InChI=1S/C14H19ClN2O/c1-10-3-4-11(9-13(10)15)14(18)17-7-5-12(16-2)6-8-17/h3-4,9,12,16H,5-8H2,1-2H3. The minimum absolute atomic E-state index is 0.0893. The van der Waals surface area contributed by atoms with Crippen LogP contribution in [0.4, 0.5) is 0 Å². The first kappa shape index (κ1) is 13.4. The molecule has 1 heterocycles. The van der Waals surface area contributed by atoms with Gasteiger partial charge in [-0.25, -0.2) is 0 Å². The molecule has 4 heteroatoms. The predicted molar refractivity (Wildman–Crippen MR) is 74.2 cm³/mol. The minimum atomic E-state index is 0.0893. The van der Waals surface area contributed by atoms with Gasteiger partial charge in [0.15, 0.2) is 0 Å². The third-order valence-electron chi connectivity index (χ3n) is 3.61. The smallest absolute Gasteiger partial charge is 0.253 e. The summed E-state index contributed by atoms with van der Waals surface area (Å²) in [6, 6.07) is 6.06. The molecule has 0 atom stereocenters. The summed E-state index contributed by atoms with van der Waals surface area (Å²) in [6.45, 7) is 3.57. The van der Waals surface area contributed by atoms with Crippen LogP contribution in [0, 0.1) is 6.92 Å². The molecule has 18 heavy (non-hydrogen) atoms. The Bertz CT molecular complexity index is 439. The van der Waals surface area contributed by atoms with Gasteiger partial charge in [0.2, 0.25) is 0 Å². The summed E-state index contributed by atoms with van der Waals surface area (Å²) >= 11 is 6.06. The number of hydrogen-bond donors (Lipinski definition) is 1. The number of hydrogen-bond acceptors (Lipinski definition) is 2. The number of nitrogens with zero attached hydrogens (tertiary/aromatic N) is 1. The fourth-order valence-corrected chi connectivity index (χ4v) is 2.46. The van der Waals surface area contributed by atoms with Crippen LogP contribution in [-0.2, 0) is 0 Å². The number of aryl methyl sites for hydroxylation is 1. The Morgan fingerprint density at radius 1 is 1.39 bits per heavy atom. The van der Waals surface area contributed by atoms with Crippen molar-refractivity contribution in [3.05, 3.63) is 34.3 Å². The molecule has 1 aliphatic heterocycles. The van der Waals surface area contributed by atoms with Crippen LogP contribution in [0.3, 0.4) is 0 Å². The van der Waals surface area contributed by atoms with Crippen molar-refractivity contribution in [1.29, 1.82) is 0 Å². The molecular weight excluding hydrogens is 248 g/mol. The fraction of sp³-hybridized carbons (Fsp3) is 0.500. The molecule has 1 N–H and O–H groups in total. The van der Waals surface area contributed by atoms with Crippen LogP contribution in [0.2, 0.25) is 5.02 Å². The van der Waals surface area contributed by atoms with E-state index in [0.29, 0.717) is 16.6 Å². The number of benzene rings is 1. The molecule has 1 aliphatic rings. The van der Waals surface area contributed by atoms with Gasteiger partial charge >= 0.3 is 0 Å². The highest BCUT2D eigenvalue weighted by Gasteiger charge is 2.22. The lowest BCUT2D eigenvalue weighted by molar-refractivity contribution is 0.0707. The number of piperidine rings is 1. The first-order chi connectivity index (χ1) is 8.61. The van der Waals surface area contributed by atoms with Gasteiger partial charge < -0.3 is 10.2 Å². The van der Waals surface area contributed by atoms with Gasteiger partial charge in [-0.2, -0.15) is 0 Å². The van der Waals surface area contributed by atoms with Crippen molar-refractivity contribution in [2.75, 3.05) is 20.1 Å². The highest BCUT2D eigenvalue weighted by molar-refractivity contribution is 6.31. The monoisotopic (exact) mass is 266 g/mol. The normalized spacial score (nSPS) is 16.9. The third kappa shape index (κ3) is 2.85. The summed E-state index contributed by atoms with van der Waals surface area (Å²) in [5.74, 6) is 0.0893. The lowest BCUT2D eigenvalue weighted by Gasteiger charge is -2.31. The minimum Gasteiger partial charge on any atom is -0.339 e. The van der Waals surface area contributed by atoms with E-state index in [1.807, 2.05) is 31.0 Å². The summed E-state index contributed by atoms with van der Waals surface area (Å²) in [6.07, 6.45) is 2.03. The van der Waals surface area contributed by atoms with Gasteiger partial charge in [-0.15, -0.1) is 0 Å². The molecule has 3 nitrogen and oxygen atoms in total. The Morgan fingerprint density at radius 3 is 2.61 bits per heavy atom. The summed E-state index contributed by atoms with van der Waals surface area (Å²) in [4.78, 5) is 14.2. The third-order valence-corrected chi connectivity index (χ3v) is 4.02. The highest BCUT2D eigenvalue weighted by Crippen LogP contribution is 2.19. The fourth-order valence-electron chi connectivity index (χ4n) is 2.28. The molecule has 98 valence electrons. The molecule has 1 aromatic rings. The molecule has 0 aliphatic carbocycles. The summed E-state index contributed by atoms with van der Waals surface area (Å²) in [5, 5.41) is 3.92. The first-order valence-electron chi connectivity index (χ1n) is 6.34. The number of carbonyl (C=O) groups excluding carboxylic acids is 1. The highest BCUT2D eigenvalue weighted by atomic mass is 35.5. The Labute approximate surface area is 113 Å². The molecule has 0 unspecified atom stereocenters. The van der Waals surface area contributed by atoms with Gasteiger partial charge in [-0.05, 0) is 44.5 Å². The largest absolute Gasteiger partial charge is 0.339 e. The van der Waals surface area contributed by atoms with Crippen LogP contribution in [0.15, 0.2) is 18.2 Å². The zero-order valence-corrected chi connectivity index (χ0v) is 11.6. The van der Waals surface area contributed by atoms with Crippen LogP contribution in [0.5, 0.6) is 0 Å². The topological polar surface area (TPSA) is 32.3 Å². The van der Waals surface area contributed by atoms with Crippen LogP contribution in [0.25, 0.3) is 0 Å². The maximum absolute atomic E-state index is 12.3. The average molecular weight is 267 g/mol. The lowest BCUT2D eigenvalue weighted by Crippen LogP contribution is -2.43. The van der Waals surface area contributed by atoms with Gasteiger partial charge in [0.25, 0.3) is 5.91 Å². The van der Waals surface area contributed by atoms with Crippen molar-refractivity contribution in [2.24, 2.45) is 0 Å². The van der Waals surface area contributed by atoms with Crippen LogP contribution < -0.4 is 5.32 Å². The average Bonchev–Trinajstić information content (AvgIpc) is 2.41. The molecule has 1 saturated heterocycles. The molecule has 1 amide bonds. The molecule has 0 aromatic heterocycles. The van der Waals surface area contributed by atoms with E-state index in [1.54, 1.807) is 6.07 Å². The number of carbonyl (C=O) groups is 1. The Hall–Kier alpha value is -1.06. The van der Waals surface area contributed by atoms with E-state index in [2.05, 4.69) is 5.32 Å². The lowest BCUT2D eigenvalue weighted by atomic mass is 10.0. The van der Waals surface area contributed by atoms with Gasteiger partial charge in [-0.3, -0.25) is 4.79 Å². The number of halogens is 1. The van der Waals surface area contributed by atoms with Gasteiger partial charge in [0.05, 0.1) is 0 Å². The maximum Gasteiger partial charge on any atom is 0.253 e. The van der Waals surface area contributed by atoms with Crippen LogP contribution in [-0.4, -0.2) is 37.0 Å². The summed E-state index contributed by atoms with van der Waals surface area (Å²) in [7, 11) is 1.97. The maximum atomic E-state index is 12.3. The SMILES string of the molecule is CNC1CCN(C(=O)c2ccc(C)c(Cl)c2)CC1. The Balaban J connectivity index is 2.05. The molecule has 1 aromatic carbocycles. The van der Waals surface area contributed by atoms with Gasteiger partial charge in [0, 0.05) is 29.7 Å². The van der Waals surface area contributed by atoms with E-state index in [9.17, 15) is 4.79 Å². The summed E-state index contributed by atoms with van der Waals surface area (Å²) < 4.78 is 0. The second kappa shape index (κ2) is 5.72. The number of amides is 1. The molecule has 1 fully saturated rings. The first-order valence-corrected chi connectivity index (χ1v) is 6.72. The van der Waals surface area contributed by atoms with Crippen molar-refractivity contribution in [3.63, 3.8) is 0 Å².